The van der Waals surface area contributed by atoms with Crippen molar-refractivity contribution in [1.82, 2.24) is 14.5 Å². The molecule has 1 aromatic heterocycles. The van der Waals surface area contributed by atoms with Gasteiger partial charge in [0.15, 0.2) is 0 Å². The third-order valence-corrected chi connectivity index (χ3v) is 5.40. The van der Waals surface area contributed by atoms with E-state index < -0.39 is 10.0 Å². The molecule has 0 atom stereocenters. The van der Waals surface area contributed by atoms with E-state index >= 15 is 0 Å². The highest BCUT2D eigenvalue weighted by atomic mass is 32.2. The number of aromatic nitrogens is 2. The fourth-order valence-electron chi connectivity index (χ4n) is 2.06. The zero-order chi connectivity index (χ0) is 15.2. The van der Waals surface area contributed by atoms with Crippen molar-refractivity contribution in [2.24, 2.45) is 5.73 Å². The molecule has 1 aromatic rings. The number of unbranched alkanes of at least 4 members (excludes halogenated alkanes) is 1. The zero-order valence-electron chi connectivity index (χ0n) is 12.3. The zero-order valence-corrected chi connectivity index (χ0v) is 14.0. The Bertz CT molecular complexity index is 526. The van der Waals surface area contributed by atoms with E-state index in [0.29, 0.717) is 31.0 Å². The predicted octanol–water partition coefficient (Wildman–Crippen LogP) is 0.880. The van der Waals surface area contributed by atoms with Gasteiger partial charge in [-0.25, -0.2) is 13.1 Å². The largest absolute Gasteiger partial charge is 0.329 e. The first-order valence-corrected chi connectivity index (χ1v) is 9.54. The number of rotatable bonds is 9. The Kier molecular flexibility index (Phi) is 7.01. The maximum Gasteiger partial charge on any atom is 0.244 e. The minimum atomic E-state index is -3.49. The molecule has 20 heavy (non-hydrogen) atoms. The molecule has 0 radical (unpaired) electrons. The molecule has 0 aliphatic heterocycles. The highest BCUT2D eigenvalue weighted by Gasteiger charge is 2.23. The van der Waals surface area contributed by atoms with Gasteiger partial charge in [-0.3, -0.25) is 4.68 Å². The van der Waals surface area contributed by atoms with Gasteiger partial charge in [0.2, 0.25) is 10.0 Å². The van der Waals surface area contributed by atoms with Crippen LogP contribution in [-0.4, -0.2) is 43.3 Å². The van der Waals surface area contributed by atoms with Crippen molar-refractivity contribution in [2.75, 3.05) is 25.1 Å². The molecule has 0 unspecified atom stereocenters. The van der Waals surface area contributed by atoms with Gasteiger partial charge in [0.25, 0.3) is 0 Å². The summed E-state index contributed by atoms with van der Waals surface area (Å²) in [5.41, 5.74) is 6.66. The smallest absolute Gasteiger partial charge is 0.244 e. The molecule has 116 valence electrons. The van der Waals surface area contributed by atoms with Gasteiger partial charge in [0.05, 0.1) is 17.9 Å². The molecule has 0 amide bonds. The van der Waals surface area contributed by atoms with E-state index in [1.54, 1.807) is 30.3 Å². The Morgan fingerprint density at radius 2 is 2.05 bits per heavy atom. The highest BCUT2D eigenvalue weighted by Crippen LogP contribution is 2.19. The van der Waals surface area contributed by atoms with Crippen LogP contribution in [0.3, 0.4) is 0 Å². The summed E-state index contributed by atoms with van der Waals surface area (Å²) in [6, 6.07) is 0. The van der Waals surface area contributed by atoms with Crippen molar-refractivity contribution in [3.8, 4) is 0 Å². The molecule has 0 saturated heterocycles. The summed E-state index contributed by atoms with van der Waals surface area (Å²) in [5, 5.41) is 4.24. The van der Waals surface area contributed by atoms with Crippen molar-refractivity contribution in [2.45, 2.75) is 38.1 Å². The van der Waals surface area contributed by atoms with E-state index in [4.69, 9.17) is 5.73 Å². The summed E-state index contributed by atoms with van der Waals surface area (Å²) >= 11 is 1.77. The Hall–Kier alpha value is -0.570. The normalized spacial score (nSPS) is 12.0. The number of hydrogen-bond acceptors (Lipinski definition) is 5. The van der Waals surface area contributed by atoms with Crippen LogP contribution in [0.5, 0.6) is 0 Å². The lowest BCUT2D eigenvalue weighted by atomic mass is 10.3. The van der Waals surface area contributed by atoms with Crippen LogP contribution in [0.25, 0.3) is 0 Å². The van der Waals surface area contributed by atoms with Crippen LogP contribution in [0.1, 0.15) is 24.2 Å². The molecule has 6 nitrogen and oxygen atoms in total. The molecular formula is C12H24N4O2S2. The molecule has 1 heterocycles. The van der Waals surface area contributed by atoms with Gasteiger partial charge < -0.3 is 5.73 Å². The lowest BCUT2D eigenvalue weighted by molar-refractivity contribution is 0.575. The van der Waals surface area contributed by atoms with E-state index in [1.807, 2.05) is 6.26 Å². The number of hydrogen-bond donors (Lipinski definition) is 2. The van der Waals surface area contributed by atoms with Crippen LogP contribution in [-0.2, 0) is 16.6 Å². The van der Waals surface area contributed by atoms with Crippen LogP contribution < -0.4 is 10.5 Å². The van der Waals surface area contributed by atoms with Crippen LogP contribution in [0.15, 0.2) is 4.90 Å². The van der Waals surface area contributed by atoms with E-state index in [9.17, 15) is 8.42 Å². The molecule has 0 fully saturated rings. The van der Waals surface area contributed by atoms with Gasteiger partial charge in [-0.2, -0.15) is 16.9 Å². The first-order chi connectivity index (χ1) is 9.44. The Labute approximate surface area is 125 Å². The summed E-state index contributed by atoms with van der Waals surface area (Å²) in [6.07, 6.45) is 3.89. The molecule has 0 aliphatic rings. The first-order valence-electron chi connectivity index (χ1n) is 6.66. The van der Waals surface area contributed by atoms with E-state index in [0.717, 1.165) is 18.6 Å². The number of sulfonamides is 1. The highest BCUT2D eigenvalue weighted by molar-refractivity contribution is 7.98. The third kappa shape index (κ3) is 4.47. The van der Waals surface area contributed by atoms with E-state index in [1.165, 1.54) is 0 Å². The first kappa shape index (κ1) is 17.5. The second-order valence-electron chi connectivity index (χ2n) is 4.61. The summed E-state index contributed by atoms with van der Waals surface area (Å²) in [5.74, 6) is 1.05. The number of nitrogens with two attached hydrogens (primary N) is 1. The third-order valence-electron chi connectivity index (χ3n) is 2.99. The average Bonchev–Trinajstić information content (AvgIpc) is 2.65. The lowest BCUT2D eigenvalue weighted by Gasteiger charge is -2.07. The molecule has 0 saturated carbocycles. The molecule has 0 spiro atoms. The molecule has 8 heteroatoms. The number of nitrogens with zero attached hydrogens (tertiary/aromatic N) is 2. The SMILES string of the molecule is CSCCCCNS(=O)(=O)c1c(C)nn(CCN)c1C. The minimum Gasteiger partial charge on any atom is -0.329 e. The van der Waals surface area contributed by atoms with Crippen molar-refractivity contribution < 1.29 is 8.42 Å². The lowest BCUT2D eigenvalue weighted by Crippen LogP contribution is -2.26. The van der Waals surface area contributed by atoms with Gasteiger partial charge in [-0.05, 0) is 38.7 Å². The van der Waals surface area contributed by atoms with Crippen molar-refractivity contribution in [1.29, 1.82) is 0 Å². The quantitative estimate of drug-likeness (QED) is 0.659. The standard InChI is InChI=1S/C12H24N4O2S2/c1-10-12(11(2)16(15-10)8-6-13)20(17,18)14-7-4-5-9-19-3/h14H,4-9,13H2,1-3H3. The Balaban J connectivity index is 2.77. The topological polar surface area (TPSA) is 90.0 Å². The maximum absolute atomic E-state index is 12.3. The van der Waals surface area contributed by atoms with Crippen LogP contribution in [0, 0.1) is 13.8 Å². The van der Waals surface area contributed by atoms with Crippen LogP contribution >= 0.6 is 11.8 Å². The predicted molar refractivity (Wildman–Crippen MR) is 83.6 cm³/mol. The molecule has 0 aliphatic carbocycles. The number of thioether (sulfide) groups is 1. The van der Waals surface area contributed by atoms with Gasteiger partial charge in [-0.1, -0.05) is 0 Å². The van der Waals surface area contributed by atoms with E-state index in [-0.39, 0.29) is 4.90 Å². The molecule has 0 aromatic carbocycles. The molecule has 3 N–H and O–H groups in total. The van der Waals surface area contributed by atoms with Crippen molar-refractivity contribution >= 4 is 21.8 Å². The van der Waals surface area contributed by atoms with Crippen molar-refractivity contribution in [3.63, 3.8) is 0 Å². The van der Waals surface area contributed by atoms with E-state index in [2.05, 4.69) is 9.82 Å². The summed E-state index contributed by atoms with van der Waals surface area (Å²) in [6.45, 7) is 4.89. The summed E-state index contributed by atoms with van der Waals surface area (Å²) in [4.78, 5) is 0.288. The molecular weight excluding hydrogens is 296 g/mol. The summed E-state index contributed by atoms with van der Waals surface area (Å²) < 4.78 is 28.9. The Morgan fingerprint density at radius 3 is 2.65 bits per heavy atom. The van der Waals surface area contributed by atoms with Gasteiger partial charge in [0.1, 0.15) is 4.90 Å². The fraction of sp³-hybridized carbons (Fsp3) is 0.750. The Morgan fingerprint density at radius 1 is 1.35 bits per heavy atom. The summed E-state index contributed by atoms with van der Waals surface area (Å²) in [7, 11) is -3.49. The minimum absolute atomic E-state index is 0.288. The van der Waals surface area contributed by atoms with Gasteiger partial charge in [-0.15, -0.1) is 0 Å². The molecule has 1 rings (SSSR count). The fourth-order valence-corrected chi connectivity index (χ4v) is 4.03. The average molecular weight is 320 g/mol. The van der Waals surface area contributed by atoms with Gasteiger partial charge in [0, 0.05) is 13.1 Å². The van der Waals surface area contributed by atoms with Gasteiger partial charge >= 0.3 is 0 Å². The molecule has 0 bridgehead atoms. The number of nitrogens with one attached hydrogen (secondary N) is 1. The van der Waals surface area contributed by atoms with Crippen LogP contribution in [0.2, 0.25) is 0 Å². The second kappa shape index (κ2) is 8.02. The number of aryl methyl sites for hydroxylation is 1. The second-order valence-corrected chi connectivity index (χ2v) is 7.30. The van der Waals surface area contributed by atoms with Crippen molar-refractivity contribution in [3.05, 3.63) is 11.4 Å². The van der Waals surface area contributed by atoms with Crippen LogP contribution in [0.4, 0.5) is 0 Å². The maximum atomic E-state index is 12.3. The monoisotopic (exact) mass is 320 g/mol.